The molecule has 1 aromatic rings. The lowest BCUT2D eigenvalue weighted by atomic mass is 10.2. The number of pyridine rings is 1. The van der Waals surface area contributed by atoms with E-state index in [1.54, 1.807) is 6.20 Å². The Kier molecular flexibility index (Phi) is 7.34. The van der Waals surface area contributed by atoms with Gasteiger partial charge in [0.1, 0.15) is 5.75 Å². The highest BCUT2D eigenvalue weighted by molar-refractivity contribution is 5.19. The van der Waals surface area contributed by atoms with Crippen molar-refractivity contribution in [1.29, 1.82) is 0 Å². The molecule has 1 heterocycles. The van der Waals surface area contributed by atoms with E-state index in [0.29, 0.717) is 6.61 Å². The molecule has 0 bridgehead atoms. The van der Waals surface area contributed by atoms with Gasteiger partial charge in [-0.1, -0.05) is 6.92 Å². The van der Waals surface area contributed by atoms with E-state index in [2.05, 4.69) is 17.2 Å². The Labute approximate surface area is 103 Å². The van der Waals surface area contributed by atoms with Crippen LogP contribution in [-0.2, 0) is 6.54 Å². The first kappa shape index (κ1) is 13.9. The van der Waals surface area contributed by atoms with Crippen LogP contribution in [-0.4, -0.2) is 29.8 Å². The summed E-state index contributed by atoms with van der Waals surface area (Å²) in [5, 5.41) is 11.9. The molecule has 4 nitrogen and oxygen atoms in total. The fourth-order valence-electron chi connectivity index (χ4n) is 1.43. The quantitative estimate of drug-likeness (QED) is 0.643. The van der Waals surface area contributed by atoms with E-state index in [4.69, 9.17) is 9.84 Å². The van der Waals surface area contributed by atoms with Gasteiger partial charge in [-0.15, -0.1) is 0 Å². The molecular weight excluding hydrogens is 216 g/mol. The Morgan fingerprint density at radius 2 is 2.18 bits per heavy atom. The summed E-state index contributed by atoms with van der Waals surface area (Å²) < 4.78 is 5.55. The van der Waals surface area contributed by atoms with Gasteiger partial charge in [0.15, 0.2) is 0 Å². The molecule has 0 radical (unpaired) electrons. The van der Waals surface area contributed by atoms with Crippen molar-refractivity contribution in [2.24, 2.45) is 0 Å². The van der Waals surface area contributed by atoms with Gasteiger partial charge in [0.25, 0.3) is 0 Å². The Balaban J connectivity index is 2.20. The third-order valence-corrected chi connectivity index (χ3v) is 2.42. The molecule has 0 amide bonds. The van der Waals surface area contributed by atoms with Crippen LogP contribution >= 0.6 is 0 Å². The first-order chi connectivity index (χ1) is 8.36. The van der Waals surface area contributed by atoms with E-state index < -0.39 is 0 Å². The molecular formula is C13H22N2O2. The largest absolute Gasteiger partial charge is 0.492 e. The molecule has 0 spiro atoms. The smallest absolute Gasteiger partial charge is 0.137 e. The van der Waals surface area contributed by atoms with Crippen molar-refractivity contribution in [3.63, 3.8) is 0 Å². The first-order valence-corrected chi connectivity index (χ1v) is 6.26. The number of aliphatic hydroxyl groups excluding tert-OH is 1. The van der Waals surface area contributed by atoms with Gasteiger partial charge in [-0.3, -0.25) is 4.98 Å². The van der Waals surface area contributed by atoms with Crippen LogP contribution in [0.25, 0.3) is 0 Å². The lowest BCUT2D eigenvalue weighted by molar-refractivity contribution is 0.265. The summed E-state index contributed by atoms with van der Waals surface area (Å²) in [4.78, 5) is 4.30. The minimum absolute atomic E-state index is 0.265. The average Bonchev–Trinajstić information content (AvgIpc) is 2.37. The minimum Gasteiger partial charge on any atom is -0.492 e. The molecule has 1 aromatic heterocycles. The van der Waals surface area contributed by atoms with Crippen LogP contribution in [0.5, 0.6) is 5.75 Å². The summed E-state index contributed by atoms with van der Waals surface area (Å²) in [7, 11) is 0. The van der Waals surface area contributed by atoms with Gasteiger partial charge in [-0.25, -0.2) is 0 Å². The summed E-state index contributed by atoms with van der Waals surface area (Å²) in [6, 6.07) is 3.93. The van der Waals surface area contributed by atoms with Crippen molar-refractivity contribution < 1.29 is 9.84 Å². The highest BCUT2D eigenvalue weighted by Gasteiger charge is 1.96. The Bertz CT molecular complexity index is 288. The Morgan fingerprint density at radius 1 is 1.29 bits per heavy atom. The van der Waals surface area contributed by atoms with E-state index in [1.165, 1.54) is 0 Å². The third kappa shape index (κ3) is 6.24. The molecule has 4 heteroatoms. The van der Waals surface area contributed by atoms with E-state index in [1.807, 2.05) is 12.1 Å². The minimum atomic E-state index is 0.265. The number of aromatic nitrogens is 1. The second kappa shape index (κ2) is 8.96. The molecule has 0 atom stereocenters. The molecule has 0 saturated carbocycles. The fourth-order valence-corrected chi connectivity index (χ4v) is 1.43. The Hall–Kier alpha value is -1.13. The molecule has 0 aromatic carbocycles. The summed E-state index contributed by atoms with van der Waals surface area (Å²) in [6.45, 7) is 4.77. The topological polar surface area (TPSA) is 54.4 Å². The molecule has 17 heavy (non-hydrogen) atoms. The zero-order chi connectivity index (χ0) is 12.3. The average molecular weight is 238 g/mol. The number of aliphatic hydroxyl groups is 1. The molecule has 0 saturated heterocycles. The maximum atomic E-state index is 8.63. The van der Waals surface area contributed by atoms with Crippen molar-refractivity contribution >= 4 is 0 Å². The number of nitrogens with zero attached hydrogens (tertiary/aromatic N) is 1. The second-order valence-electron chi connectivity index (χ2n) is 3.90. The van der Waals surface area contributed by atoms with E-state index >= 15 is 0 Å². The number of unbranched alkanes of at least 4 members (excludes halogenated alkanes) is 2. The van der Waals surface area contributed by atoms with Crippen molar-refractivity contribution in [3.8, 4) is 5.75 Å². The molecule has 0 unspecified atom stereocenters. The van der Waals surface area contributed by atoms with Gasteiger partial charge in [-0.2, -0.15) is 0 Å². The maximum Gasteiger partial charge on any atom is 0.137 e. The highest BCUT2D eigenvalue weighted by atomic mass is 16.5. The molecule has 1 rings (SSSR count). The van der Waals surface area contributed by atoms with Gasteiger partial charge in [-0.05, 0) is 37.9 Å². The highest BCUT2D eigenvalue weighted by Crippen LogP contribution is 2.10. The van der Waals surface area contributed by atoms with Crippen molar-refractivity contribution in [3.05, 3.63) is 24.0 Å². The zero-order valence-corrected chi connectivity index (χ0v) is 10.5. The summed E-state index contributed by atoms with van der Waals surface area (Å²) in [5.41, 5.74) is 1.03. The number of ether oxygens (including phenoxy) is 1. The second-order valence-corrected chi connectivity index (χ2v) is 3.90. The van der Waals surface area contributed by atoms with Gasteiger partial charge in [0.2, 0.25) is 0 Å². The number of hydrogen-bond acceptors (Lipinski definition) is 4. The van der Waals surface area contributed by atoms with Crippen LogP contribution in [0.2, 0.25) is 0 Å². The molecule has 0 aliphatic carbocycles. The van der Waals surface area contributed by atoms with Crippen LogP contribution in [0.1, 0.15) is 31.9 Å². The van der Waals surface area contributed by atoms with Gasteiger partial charge >= 0.3 is 0 Å². The van der Waals surface area contributed by atoms with Gasteiger partial charge in [0.05, 0.1) is 18.5 Å². The van der Waals surface area contributed by atoms with Crippen molar-refractivity contribution in [2.45, 2.75) is 32.7 Å². The molecule has 96 valence electrons. The summed E-state index contributed by atoms with van der Waals surface area (Å²) in [6.07, 6.45) is 4.59. The molecule has 0 fully saturated rings. The van der Waals surface area contributed by atoms with Gasteiger partial charge < -0.3 is 15.2 Å². The monoisotopic (exact) mass is 238 g/mol. The standard InChI is InChI=1S/C13H22N2O2/c1-2-14-10-12-6-7-13(11-15-12)17-9-5-3-4-8-16/h6-7,11,14,16H,2-5,8-10H2,1H3. The van der Waals surface area contributed by atoms with E-state index in [9.17, 15) is 0 Å². The summed E-state index contributed by atoms with van der Waals surface area (Å²) in [5.74, 6) is 0.814. The first-order valence-electron chi connectivity index (χ1n) is 6.26. The zero-order valence-electron chi connectivity index (χ0n) is 10.5. The van der Waals surface area contributed by atoms with Crippen LogP contribution in [0.4, 0.5) is 0 Å². The third-order valence-electron chi connectivity index (χ3n) is 2.42. The maximum absolute atomic E-state index is 8.63. The Morgan fingerprint density at radius 3 is 2.82 bits per heavy atom. The lowest BCUT2D eigenvalue weighted by Gasteiger charge is -2.06. The number of rotatable bonds is 9. The normalized spacial score (nSPS) is 10.5. The van der Waals surface area contributed by atoms with Crippen LogP contribution in [0.15, 0.2) is 18.3 Å². The van der Waals surface area contributed by atoms with Crippen molar-refractivity contribution in [2.75, 3.05) is 19.8 Å². The summed E-state index contributed by atoms with van der Waals surface area (Å²) >= 11 is 0. The molecule has 0 aliphatic rings. The van der Waals surface area contributed by atoms with Crippen LogP contribution < -0.4 is 10.1 Å². The number of hydrogen-bond donors (Lipinski definition) is 2. The predicted molar refractivity (Wildman–Crippen MR) is 68.0 cm³/mol. The van der Waals surface area contributed by atoms with Crippen molar-refractivity contribution in [1.82, 2.24) is 10.3 Å². The molecule has 0 aliphatic heterocycles. The van der Waals surface area contributed by atoms with E-state index in [0.717, 1.165) is 43.8 Å². The number of nitrogens with one attached hydrogen (secondary N) is 1. The van der Waals surface area contributed by atoms with Crippen LogP contribution in [0, 0.1) is 0 Å². The lowest BCUT2D eigenvalue weighted by Crippen LogP contribution is -2.12. The molecule has 2 N–H and O–H groups in total. The van der Waals surface area contributed by atoms with Gasteiger partial charge in [0, 0.05) is 13.2 Å². The predicted octanol–water partition coefficient (Wildman–Crippen LogP) is 1.73. The van der Waals surface area contributed by atoms with E-state index in [-0.39, 0.29) is 6.61 Å². The SMILES string of the molecule is CCNCc1ccc(OCCCCCO)cn1. The fraction of sp³-hybridized carbons (Fsp3) is 0.615. The van der Waals surface area contributed by atoms with Crippen LogP contribution in [0.3, 0.4) is 0 Å².